The Morgan fingerprint density at radius 3 is 2.94 bits per heavy atom. The molecule has 1 aliphatic rings. The molecule has 94 valence electrons. The second-order valence-corrected chi connectivity index (χ2v) is 5.45. The summed E-state index contributed by atoms with van der Waals surface area (Å²) in [7, 11) is 0. The Hall–Kier alpha value is -0.810. The lowest BCUT2D eigenvalue weighted by Gasteiger charge is -2.41. The van der Waals surface area contributed by atoms with Gasteiger partial charge >= 0.3 is 5.97 Å². The van der Waals surface area contributed by atoms with Gasteiger partial charge in [0.2, 0.25) is 0 Å². The SMILES string of the molecule is CC1(C(=O)O)CCCCN1Cc1ccc(Br)o1. The van der Waals surface area contributed by atoms with Crippen molar-refractivity contribution in [3.8, 4) is 0 Å². The molecule has 0 radical (unpaired) electrons. The summed E-state index contributed by atoms with van der Waals surface area (Å²) in [4.78, 5) is 13.4. The van der Waals surface area contributed by atoms with Gasteiger partial charge in [0.1, 0.15) is 11.3 Å². The van der Waals surface area contributed by atoms with E-state index in [1.807, 2.05) is 17.0 Å². The van der Waals surface area contributed by atoms with E-state index in [2.05, 4.69) is 15.9 Å². The monoisotopic (exact) mass is 301 g/mol. The van der Waals surface area contributed by atoms with Crippen molar-refractivity contribution in [1.29, 1.82) is 0 Å². The summed E-state index contributed by atoms with van der Waals surface area (Å²) >= 11 is 3.25. The van der Waals surface area contributed by atoms with Crippen molar-refractivity contribution in [3.05, 3.63) is 22.6 Å². The Kier molecular flexibility index (Phi) is 3.58. The number of aliphatic carboxylic acids is 1. The third kappa shape index (κ3) is 2.55. The van der Waals surface area contributed by atoms with Crippen molar-refractivity contribution in [2.45, 2.75) is 38.3 Å². The largest absolute Gasteiger partial charge is 0.480 e. The average Bonchev–Trinajstić information content (AvgIpc) is 2.67. The first-order valence-corrected chi connectivity index (χ1v) is 6.54. The summed E-state index contributed by atoms with van der Waals surface area (Å²) in [6, 6.07) is 3.71. The lowest BCUT2D eigenvalue weighted by molar-refractivity contribution is -0.153. The van der Waals surface area contributed by atoms with Gasteiger partial charge in [0.05, 0.1) is 6.54 Å². The Balaban J connectivity index is 2.14. The van der Waals surface area contributed by atoms with Crippen molar-refractivity contribution >= 4 is 21.9 Å². The molecule has 2 rings (SSSR count). The number of carbonyl (C=O) groups is 1. The van der Waals surface area contributed by atoms with Gasteiger partial charge in [0, 0.05) is 0 Å². The molecule has 1 aromatic rings. The molecule has 1 aliphatic heterocycles. The lowest BCUT2D eigenvalue weighted by Crippen LogP contribution is -2.54. The van der Waals surface area contributed by atoms with E-state index >= 15 is 0 Å². The van der Waals surface area contributed by atoms with Crippen molar-refractivity contribution in [3.63, 3.8) is 0 Å². The molecule has 1 fully saturated rings. The number of hydrogen-bond acceptors (Lipinski definition) is 3. The zero-order valence-electron chi connectivity index (χ0n) is 9.78. The highest BCUT2D eigenvalue weighted by Crippen LogP contribution is 2.30. The predicted octanol–water partition coefficient (Wildman–Crippen LogP) is 2.87. The molecule has 1 saturated heterocycles. The first-order valence-electron chi connectivity index (χ1n) is 5.75. The summed E-state index contributed by atoms with van der Waals surface area (Å²) in [5, 5.41) is 9.37. The molecule has 0 bridgehead atoms. The first kappa shape index (κ1) is 12.6. The Morgan fingerprint density at radius 1 is 1.59 bits per heavy atom. The van der Waals surface area contributed by atoms with E-state index in [1.54, 1.807) is 6.92 Å². The van der Waals surface area contributed by atoms with Crippen LogP contribution in [0.2, 0.25) is 0 Å². The minimum Gasteiger partial charge on any atom is -0.480 e. The predicted molar refractivity (Wildman–Crippen MR) is 66.7 cm³/mol. The highest BCUT2D eigenvalue weighted by molar-refractivity contribution is 9.10. The van der Waals surface area contributed by atoms with Crippen molar-refractivity contribution < 1.29 is 14.3 Å². The second kappa shape index (κ2) is 4.82. The Bertz CT molecular complexity index is 418. The number of likely N-dealkylation sites (tertiary alicyclic amines) is 1. The fourth-order valence-corrected chi connectivity index (χ4v) is 2.64. The summed E-state index contributed by atoms with van der Waals surface area (Å²) < 4.78 is 6.12. The summed E-state index contributed by atoms with van der Waals surface area (Å²) in [6.07, 6.45) is 2.72. The van der Waals surface area contributed by atoms with Gasteiger partial charge < -0.3 is 9.52 Å². The number of carboxylic acids is 1. The van der Waals surface area contributed by atoms with Crippen LogP contribution >= 0.6 is 15.9 Å². The molecule has 4 nitrogen and oxygen atoms in total. The van der Waals surface area contributed by atoms with Crippen LogP contribution in [0.3, 0.4) is 0 Å². The number of piperidine rings is 1. The number of halogens is 1. The Morgan fingerprint density at radius 2 is 2.35 bits per heavy atom. The van der Waals surface area contributed by atoms with Gasteiger partial charge in [0.25, 0.3) is 0 Å². The minimum atomic E-state index is -0.766. The third-order valence-electron chi connectivity index (χ3n) is 3.48. The van der Waals surface area contributed by atoms with Gasteiger partial charge in [-0.05, 0) is 60.8 Å². The van der Waals surface area contributed by atoms with Crippen LogP contribution in [0, 0.1) is 0 Å². The molecule has 0 aliphatic carbocycles. The van der Waals surface area contributed by atoms with Crippen molar-refractivity contribution in [2.75, 3.05) is 6.54 Å². The number of hydrogen-bond donors (Lipinski definition) is 1. The maximum atomic E-state index is 11.4. The van der Waals surface area contributed by atoms with Gasteiger partial charge in [-0.1, -0.05) is 0 Å². The minimum absolute atomic E-state index is 0.550. The molecule has 0 aromatic carbocycles. The number of carboxylic acid groups (broad SMARTS) is 1. The van der Waals surface area contributed by atoms with Gasteiger partial charge in [-0.15, -0.1) is 0 Å². The van der Waals surface area contributed by atoms with Gasteiger partial charge in [-0.25, -0.2) is 0 Å². The van der Waals surface area contributed by atoms with Crippen LogP contribution in [0.5, 0.6) is 0 Å². The van der Waals surface area contributed by atoms with Crippen LogP contribution in [0.15, 0.2) is 21.2 Å². The zero-order valence-corrected chi connectivity index (χ0v) is 11.4. The van der Waals surface area contributed by atoms with E-state index in [9.17, 15) is 9.90 Å². The second-order valence-electron chi connectivity index (χ2n) is 4.66. The number of rotatable bonds is 3. The van der Waals surface area contributed by atoms with Crippen molar-refractivity contribution in [2.24, 2.45) is 0 Å². The molecule has 0 amide bonds. The summed E-state index contributed by atoms with van der Waals surface area (Å²) in [5.41, 5.74) is -0.766. The van der Waals surface area contributed by atoms with E-state index in [0.29, 0.717) is 17.6 Å². The molecule has 1 N–H and O–H groups in total. The highest BCUT2D eigenvalue weighted by Gasteiger charge is 2.41. The molecular weight excluding hydrogens is 286 g/mol. The smallest absolute Gasteiger partial charge is 0.323 e. The third-order valence-corrected chi connectivity index (χ3v) is 3.90. The molecule has 2 heterocycles. The fourth-order valence-electron chi connectivity index (χ4n) is 2.30. The van der Waals surface area contributed by atoms with Gasteiger partial charge in [0.15, 0.2) is 4.67 Å². The molecule has 17 heavy (non-hydrogen) atoms. The maximum absolute atomic E-state index is 11.4. The van der Waals surface area contributed by atoms with E-state index in [-0.39, 0.29) is 0 Å². The lowest BCUT2D eigenvalue weighted by atomic mass is 9.88. The van der Waals surface area contributed by atoms with Crippen molar-refractivity contribution in [1.82, 2.24) is 4.90 Å². The molecule has 0 spiro atoms. The summed E-state index contributed by atoms with van der Waals surface area (Å²) in [6.45, 7) is 3.15. The average molecular weight is 302 g/mol. The van der Waals surface area contributed by atoms with Crippen LogP contribution in [-0.4, -0.2) is 28.1 Å². The van der Waals surface area contributed by atoms with Gasteiger partial charge in [-0.2, -0.15) is 0 Å². The topological polar surface area (TPSA) is 53.7 Å². The van der Waals surface area contributed by atoms with Gasteiger partial charge in [-0.3, -0.25) is 9.69 Å². The van der Waals surface area contributed by atoms with E-state index < -0.39 is 11.5 Å². The first-order chi connectivity index (χ1) is 8.02. The molecule has 1 atom stereocenters. The molecule has 1 aromatic heterocycles. The fraction of sp³-hybridized carbons (Fsp3) is 0.583. The highest BCUT2D eigenvalue weighted by atomic mass is 79.9. The van der Waals surface area contributed by atoms with E-state index in [1.165, 1.54) is 0 Å². The summed E-state index contributed by atoms with van der Waals surface area (Å²) in [5.74, 6) is 0.0501. The quantitative estimate of drug-likeness (QED) is 0.933. The molecular formula is C12H16BrNO3. The van der Waals surface area contributed by atoms with E-state index in [0.717, 1.165) is 25.1 Å². The molecule has 1 unspecified atom stereocenters. The van der Waals surface area contributed by atoms with Crippen LogP contribution < -0.4 is 0 Å². The number of nitrogens with zero attached hydrogens (tertiary/aromatic N) is 1. The number of furan rings is 1. The molecule has 0 saturated carbocycles. The van der Waals surface area contributed by atoms with Crippen LogP contribution in [-0.2, 0) is 11.3 Å². The van der Waals surface area contributed by atoms with Crippen LogP contribution in [0.4, 0.5) is 0 Å². The maximum Gasteiger partial charge on any atom is 0.323 e. The normalized spacial score (nSPS) is 26.0. The van der Waals surface area contributed by atoms with Crippen LogP contribution in [0.25, 0.3) is 0 Å². The zero-order chi connectivity index (χ0) is 12.5. The standard InChI is InChI=1S/C12H16BrNO3/c1-12(11(15)16)6-2-3-7-14(12)8-9-4-5-10(13)17-9/h4-5H,2-3,6-8H2,1H3,(H,15,16). The van der Waals surface area contributed by atoms with E-state index in [4.69, 9.17) is 4.42 Å². The van der Waals surface area contributed by atoms with Crippen LogP contribution in [0.1, 0.15) is 31.9 Å². The Labute approximate surface area is 109 Å². The molecule has 5 heteroatoms.